The SMILES string of the molecule is CCNCCNC(=O)c1cnc(C)cn1.Cl.Cl. The van der Waals surface area contributed by atoms with E-state index in [1.807, 2.05) is 13.8 Å². The Morgan fingerprint density at radius 1 is 1.24 bits per heavy atom. The second kappa shape index (κ2) is 10.3. The molecule has 2 N–H and O–H groups in total. The largest absolute Gasteiger partial charge is 0.349 e. The molecule has 1 heterocycles. The maximum atomic E-state index is 11.5. The molecule has 1 rings (SSSR count). The summed E-state index contributed by atoms with van der Waals surface area (Å²) < 4.78 is 0. The lowest BCUT2D eigenvalue weighted by Gasteiger charge is -2.04. The minimum absolute atomic E-state index is 0. The minimum atomic E-state index is -0.180. The van der Waals surface area contributed by atoms with E-state index in [-0.39, 0.29) is 30.7 Å². The maximum Gasteiger partial charge on any atom is 0.271 e. The number of amides is 1. The number of aromatic nitrogens is 2. The third-order valence-electron chi connectivity index (χ3n) is 1.85. The Morgan fingerprint density at radius 3 is 2.47 bits per heavy atom. The summed E-state index contributed by atoms with van der Waals surface area (Å²) in [5, 5.41) is 5.86. The summed E-state index contributed by atoms with van der Waals surface area (Å²) in [6, 6.07) is 0. The van der Waals surface area contributed by atoms with E-state index in [4.69, 9.17) is 0 Å². The molecule has 1 amide bonds. The molecule has 0 aliphatic rings. The van der Waals surface area contributed by atoms with Crippen LogP contribution in [0, 0.1) is 6.92 Å². The molecule has 0 atom stereocenters. The van der Waals surface area contributed by atoms with Crippen LogP contribution in [-0.2, 0) is 0 Å². The van der Waals surface area contributed by atoms with Crippen molar-refractivity contribution in [1.82, 2.24) is 20.6 Å². The highest BCUT2D eigenvalue weighted by Gasteiger charge is 2.05. The summed E-state index contributed by atoms with van der Waals surface area (Å²) in [5.74, 6) is -0.180. The topological polar surface area (TPSA) is 66.9 Å². The van der Waals surface area contributed by atoms with Crippen molar-refractivity contribution in [1.29, 1.82) is 0 Å². The summed E-state index contributed by atoms with van der Waals surface area (Å²) >= 11 is 0. The average molecular weight is 281 g/mol. The highest BCUT2D eigenvalue weighted by Crippen LogP contribution is 1.93. The van der Waals surface area contributed by atoms with Gasteiger partial charge in [-0.25, -0.2) is 4.98 Å². The first-order chi connectivity index (χ1) is 7.24. The number of nitrogens with zero attached hydrogens (tertiary/aromatic N) is 2. The molecule has 0 fully saturated rings. The van der Waals surface area contributed by atoms with Crippen LogP contribution in [0.2, 0.25) is 0 Å². The van der Waals surface area contributed by atoms with E-state index in [1.54, 1.807) is 6.20 Å². The number of carbonyl (C=O) groups is 1. The van der Waals surface area contributed by atoms with Crippen molar-refractivity contribution >= 4 is 30.7 Å². The van der Waals surface area contributed by atoms with E-state index in [2.05, 4.69) is 20.6 Å². The van der Waals surface area contributed by atoms with Crippen molar-refractivity contribution in [3.63, 3.8) is 0 Å². The Morgan fingerprint density at radius 2 is 1.94 bits per heavy atom. The van der Waals surface area contributed by atoms with E-state index in [0.29, 0.717) is 12.2 Å². The average Bonchev–Trinajstić information content (AvgIpc) is 2.25. The van der Waals surface area contributed by atoms with E-state index in [1.165, 1.54) is 6.20 Å². The molecule has 0 saturated carbocycles. The molecular weight excluding hydrogens is 263 g/mol. The first kappa shape index (κ1) is 18.5. The quantitative estimate of drug-likeness (QED) is 0.789. The van der Waals surface area contributed by atoms with Gasteiger partial charge in [0.15, 0.2) is 0 Å². The molecule has 0 radical (unpaired) electrons. The summed E-state index contributed by atoms with van der Waals surface area (Å²) in [6.07, 6.45) is 3.07. The molecule has 0 spiro atoms. The fraction of sp³-hybridized carbons (Fsp3) is 0.500. The number of carbonyl (C=O) groups excluding carboxylic acids is 1. The molecule has 0 aliphatic carbocycles. The van der Waals surface area contributed by atoms with E-state index >= 15 is 0 Å². The lowest BCUT2D eigenvalue weighted by Crippen LogP contribution is -2.32. The number of likely N-dealkylation sites (N-methyl/N-ethyl adjacent to an activating group) is 1. The van der Waals surface area contributed by atoms with Gasteiger partial charge in [-0.05, 0) is 13.5 Å². The Bertz CT molecular complexity index is 319. The van der Waals surface area contributed by atoms with Gasteiger partial charge in [-0.1, -0.05) is 6.92 Å². The van der Waals surface area contributed by atoms with Crippen LogP contribution in [0.15, 0.2) is 12.4 Å². The third kappa shape index (κ3) is 7.10. The van der Waals surface area contributed by atoms with Crippen molar-refractivity contribution in [3.05, 3.63) is 23.8 Å². The monoisotopic (exact) mass is 280 g/mol. The Hall–Kier alpha value is -0.910. The number of aryl methyl sites for hydroxylation is 1. The molecule has 1 aromatic heterocycles. The van der Waals surface area contributed by atoms with Gasteiger partial charge in [-0.3, -0.25) is 9.78 Å². The Balaban J connectivity index is 0. The summed E-state index contributed by atoms with van der Waals surface area (Å²) in [6.45, 7) is 6.12. The fourth-order valence-corrected chi connectivity index (χ4v) is 1.04. The third-order valence-corrected chi connectivity index (χ3v) is 1.85. The summed E-state index contributed by atoms with van der Waals surface area (Å²) in [4.78, 5) is 19.5. The van der Waals surface area contributed by atoms with Gasteiger partial charge in [0.25, 0.3) is 5.91 Å². The van der Waals surface area contributed by atoms with Crippen LogP contribution in [0.25, 0.3) is 0 Å². The van der Waals surface area contributed by atoms with Crippen LogP contribution >= 0.6 is 24.8 Å². The molecule has 0 aliphatic heterocycles. The predicted octanol–water partition coefficient (Wildman–Crippen LogP) is 0.968. The van der Waals surface area contributed by atoms with Gasteiger partial charge in [-0.15, -0.1) is 24.8 Å². The molecule has 7 heteroatoms. The van der Waals surface area contributed by atoms with Crippen molar-refractivity contribution in [2.45, 2.75) is 13.8 Å². The zero-order valence-electron chi connectivity index (χ0n) is 9.90. The first-order valence-electron chi connectivity index (χ1n) is 5.01. The minimum Gasteiger partial charge on any atom is -0.349 e. The van der Waals surface area contributed by atoms with Crippen LogP contribution in [0.1, 0.15) is 23.1 Å². The van der Waals surface area contributed by atoms with Crippen molar-refractivity contribution in [2.24, 2.45) is 0 Å². The molecule has 0 saturated heterocycles. The van der Waals surface area contributed by atoms with Crippen LogP contribution < -0.4 is 10.6 Å². The Kier molecular flexibility index (Phi) is 11.1. The maximum absolute atomic E-state index is 11.5. The van der Waals surface area contributed by atoms with Crippen LogP contribution in [0.4, 0.5) is 0 Å². The van der Waals surface area contributed by atoms with E-state index in [9.17, 15) is 4.79 Å². The fourth-order valence-electron chi connectivity index (χ4n) is 1.04. The summed E-state index contributed by atoms with van der Waals surface area (Å²) in [5.41, 5.74) is 1.16. The first-order valence-corrected chi connectivity index (χ1v) is 5.01. The second-order valence-corrected chi connectivity index (χ2v) is 3.15. The highest BCUT2D eigenvalue weighted by molar-refractivity contribution is 5.91. The van der Waals surface area contributed by atoms with Gasteiger partial charge in [0, 0.05) is 19.3 Å². The van der Waals surface area contributed by atoms with E-state index < -0.39 is 0 Å². The van der Waals surface area contributed by atoms with E-state index in [0.717, 1.165) is 18.8 Å². The van der Waals surface area contributed by atoms with Gasteiger partial charge in [0.2, 0.25) is 0 Å². The van der Waals surface area contributed by atoms with Crippen LogP contribution in [0.5, 0.6) is 0 Å². The molecule has 0 aromatic carbocycles. The number of rotatable bonds is 5. The van der Waals surface area contributed by atoms with Crippen molar-refractivity contribution in [2.75, 3.05) is 19.6 Å². The standard InChI is InChI=1S/C10H16N4O.2ClH/c1-3-11-4-5-12-10(15)9-7-13-8(2)6-14-9;;/h6-7,11H,3-5H2,1-2H3,(H,12,15);2*1H. The van der Waals surface area contributed by atoms with Gasteiger partial charge < -0.3 is 10.6 Å². The molecule has 98 valence electrons. The zero-order chi connectivity index (χ0) is 11.1. The molecule has 5 nitrogen and oxygen atoms in total. The lowest BCUT2D eigenvalue weighted by molar-refractivity contribution is 0.0948. The second-order valence-electron chi connectivity index (χ2n) is 3.15. The van der Waals surface area contributed by atoms with Crippen LogP contribution in [0.3, 0.4) is 0 Å². The van der Waals surface area contributed by atoms with Crippen LogP contribution in [-0.4, -0.2) is 35.5 Å². The smallest absolute Gasteiger partial charge is 0.271 e. The van der Waals surface area contributed by atoms with Crippen molar-refractivity contribution in [3.8, 4) is 0 Å². The lowest BCUT2D eigenvalue weighted by atomic mass is 10.4. The molecule has 1 aromatic rings. The normalized spacial score (nSPS) is 8.82. The van der Waals surface area contributed by atoms with Gasteiger partial charge in [0.1, 0.15) is 5.69 Å². The Labute approximate surface area is 114 Å². The number of hydrogen-bond donors (Lipinski definition) is 2. The number of nitrogens with one attached hydrogen (secondary N) is 2. The van der Waals surface area contributed by atoms with Gasteiger partial charge in [-0.2, -0.15) is 0 Å². The van der Waals surface area contributed by atoms with Crippen molar-refractivity contribution < 1.29 is 4.79 Å². The predicted molar refractivity (Wildman–Crippen MR) is 72.1 cm³/mol. The molecular formula is C10H18Cl2N4O. The molecule has 0 unspecified atom stereocenters. The number of halogens is 2. The number of hydrogen-bond acceptors (Lipinski definition) is 4. The molecule has 0 bridgehead atoms. The summed E-state index contributed by atoms with van der Waals surface area (Å²) in [7, 11) is 0. The highest BCUT2D eigenvalue weighted by atomic mass is 35.5. The van der Waals surface area contributed by atoms with Gasteiger partial charge in [0.05, 0.1) is 11.9 Å². The zero-order valence-corrected chi connectivity index (χ0v) is 11.5. The van der Waals surface area contributed by atoms with Gasteiger partial charge >= 0.3 is 0 Å². The molecule has 17 heavy (non-hydrogen) atoms.